The maximum atomic E-state index is 13.1. The number of hydrogen-bond donors (Lipinski definition) is 3. The number of nitrogens with zero attached hydrogens (tertiary/aromatic N) is 3. The molecule has 0 unspecified atom stereocenters. The number of amides is 1. The van der Waals surface area contributed by atoms with Gasteiger partial charge in [0.25, 0.3) is 5.56 Å². The molecule has 1 aromatic carbocycles. The molecule has 0 bridgehead atoms. The molecule has 1 saturated heterocycles. The number of piperidine rings is 1. The number of benzene rings is 1. The first-order valence-electron chi connectivity index (χ1n) is 10.2. The highest BCUT2D eigenvalue weighted by Gasteiger charge is 2.31. The summed E-state index contributed by atoms with van der Waals surface area (Å²) in [6.07, 6.45) is 2.20. The zero-order valence-corrected chi connectivity index (χ0v) is 17.4. The van der Waals surface area contributed by atoms with Gasteiger partial charge < -0.3 is 16.6 Å². The Balaban J connectivity index is 2.02. The second-order valence-corrected chi connectivity index (χ2v) is 7.65. The van der Waals surface area contributed by atoms with Gasteiger partial charge in [-0.15, -0.1) is 0 Å². The normalized spacial score (nSPS) is 16.9. The Hall–Kier alpha value is -3.40. The second kappa shape index (κ2) is 9.17. The smallest absolute Gasteiger partial charge is 0.332 e. The molecular formula is C21H27N5O5. The van der Waals surface area contributed by atoms with Crippen LogP contribution in [0.2, 0.25) is 0 Å². The van der Waals surface area contributed by atoms with Crippen LogP contribution in [-0.2, 0) is 17.9 Å². The topological polar surface area (TPSA) is 154 Å². The summed E-state index contributed by atoms with van der Waals surface area (Å²) in [5.74, 6) is -1.21. The van der Waals surface area contributed by atoms with Crippen LogP contribution in [0.15, 0.2) is 33.9 Å². The van der Waals surface area contributed by atoms with Crippen LogP contribution in [0, 0.1) is 0 Å². The standard InChI is InChI=1S/C21H27N5O5/c1-2-25-20(30)17(16(28)12-24-10-4-3-5-15(24)19(23)29)18(22)26(21(25)31)11-13-6-8-14(27)9-7-13/h6-9,15,27H,2-5,10-12,22H2,1H3,(H2,23,29)/t15-/m1/s1. The average molecular weight is 429 g/mol. The van der Waals surface area contributed by atoms with Crippen molar-refractivity contribution in [3.05, 3.63) is 56.2 Å². The van der Waals surface area contributed by atoms with Crippen LogP contribution in [0.25, 0.3) is 0 Å². The van der Waals surface area contributed by atoms with E-state index < -0.39 is 29.0 Å². The average Bonchev–Trinajstić information content (AvgIpc) is 2.73. The van der Waals surface area contributed by atoms with Gasteiger partial charge in [0, 0.05) is 6.54 Å². The number of primary amides is 1. The summed E-state index contributed by atoms with van der Waals surface area (Å²) in [7, 11) is 0. The van der Waals surface area contributed by atoms with Gasteiger partial charge in [-0.3, -0.25) is 28.4 Å². The molecule has 3 rings (SSSR count). The fourth-order valence-electron chi connectivity index (χ4n) is 3.96. The first-order valence-corrected chi connectivity index (χ1v) is 10.2. The number of aromatic hydroxyl groups is 1. The van der Waals surface area contributed by atoms with E-state index in [1.807, 2.05) is 0 Å². The molecule has 1 fully saturated rings. The van der Waals surface area contributed by atoms with Crippen LogP contribution in [0.4, 0.5) is 5.82 Å². The molecule has 0 aliphatic carbocycles. The molecule has 1 aromatic heterocycles. The number of nitrogens with two attached hydrogens (primary N) is 2. The minimum absolute atomic E-state index is 0.0269. The number of anilines is 1. The van der Waals surface area contributed by atoms with Crippen LogP contribution < -0.4 is 22.7 Å². The Bertz CT molecular complexity index is 1100. The van der Waals surface area contributed by atoms with Gasteiger partial charge in [0.1, 0.15) is 17.1 Å². The number of hydrogen-bond acceptors (Lipinski definition) is 7. The number of Topliss-reactive ketones (excluding diaryl/α,β-unsaturated/α-hetero) is 1. The van der Waals surface area contributed by atoms with Gasteiger partial charge in [0.2, 0.25) is 5.91 Å². The first kappa shape index (κ1) is 22.3. The third-order valence-corrected chi connectivity index (χ3v) is 5.63. The maximum absolute atomic E-state index is 13.1. The van der Waals surface area contributed by atoms with Crippen LogP contribution >= 0.6 is 0 Å². The van der Waals surface area contributed by atoms with Crippen LogP contribution in [0.5, 0.6) is 5.75 Å². The molecule has 166 valence electrons. The van der Waals surface area contributed by atoms with Crippen molar-refractivity contribution in [2.24, 2.45) is 5.73 Å². The minimum Gasteiger partial charge on any atom is -0.508 e. The fraction of sp³-hybridized carbons (Fsp3) is 0.429. The fourth-order valence-corrected chi connectivity index (χ4v) is 3.96. The maximum Gasteiger partial charge on any atom is 0.332 e. The van der Waals surface area contributed by atoms with E-state index in [4.69, 9.17) is 11.5 Å². The molecule has 31 heavy (non-hydrogen) atoms. The van der Waals surface area contributed by atoms with Crippen LogP contribution in [-0.4, -0.2) is 50.0 Å². The molecule has 0 radical (unpaired) electrons. The first-order chi connectivity index (χ1) is 14.7. The number of rotatable bonds is 7. The minimum atomic E-state index is -0.746. The molecule has 1 amide bonds. The Morgan fingerprint density at radius 2 is 1.81 bits per heavy atom. The molecular weight excluding hydrogens is 402 g/mol. The Morgan fingerprint density at radius 3 is 2.42 bits per heavy atom. The predicted octanol–water partition coefficient (Wildman–Crippen LogP) is -0.111. The van der Waals surface area contributed by atoms with Gasteiger partial charge in [0.05, 0.1) is 19.1 Å². The molecule has 2 heterocycles. The highest BCUT2D eigenvalue weighted by molar-refractivity contribution is 6.01. The van der Waals surface area contributed by atoms with Crippen molar-refractivity contribution < 1.29 is 14.7 Å². The summed E-state index contributed by atoms with van der Waals surface area (Å²) in [4.78, 5) is 52.3. The van der Waals surface area contributed by atoms with Gasteiger partial charge in [-0.25, -0.2) is 4.79 Å². The number of phenols is 1. The quantitative estimate of drug-likeness (QED) is 0.519. The summed E-state index contributed by atoms with van der Waals surface area (Å²) >= 11 is 0. The van der Waals surface area contributed by atoms with E-state index >= 15 is 0 Å². The zero-order valence-electron chi connectivity index (χ0n) is 17.4. The molecule has 1 atom stereocenters. The van der Waals surface area contributed by atoms with Crippen molar-refractivity contribution in [1.29, 1.82) is 0 Å². The lowest BCUT2D eigenvalue weighted by Gasteiger charge is -2.33. The predicted molar refractivity (Wildman–Crippen MR) is 115 cm³/mol. The van der Waals surface area contributed by atoms with E-state index in [9.17, 15) is 24.3 Å². The number of aromatic nitrogens is 2. The highest BCUT2D eigenvalue weighted by atomic mass is 16.3. The Kier molecular flexibility index (Phi) is 6.59. The number of phenolic OH excluding ortho intramolecular Hbond substituents is 1. The summed E-state index contributed by atoms with van der Waals surface area (Å²) in [6, 6.07) is 5.61. The molecule has 0 saturated carbocycles. The summed E-state index contributed by atoms with van der Waals surface area (Å²) in [5, 5.41) is 9.46. The van der Waals surface area contributed by atoms with Gasteiger partial charge >= 0.3 is 5.69 Å². The molecule has 10 heteroatoms. The van der Waals surface area contributed by atoms with E-state index in [1.54, 1.807) is 24.0 Å². The highest BCUT2D eigenvalue weighted by Crippen LogP contribution is 2.18. The van der Waals surface area contributed by atoms with Gasteiger partial charge in [0.15, 0.2) is 5.78 Å². The van der Waals surface area contributed by atoms with E-state index in [1.165, 1.54) is 16.7 Å². The van der Waals surface area contributed by atoms with Gasteiger partial charge in [-0.1, -0.05) is 18.6 Å². The summed E-state index contributed by atoms with van der Waals surface area (Å²) in [5.41, 5.74) is 10.7. The van der Waals surface area contributed by atoms with E-state index in [0.29, 0.717) is 18.5 Å². The number of likely N-dealkylation sites (tertiary alicyclic amines) is 1. The number of carbonyl (C=O) groups excluding carboxylic acids is 2. The largest absolute Gasteiger partial charge is 0.508 e. The molecule has 1 aliphatic rings. The molecule has 5 N–H and O–H groups in total. The van der Waals surface area contributed by atoms with Crippen molar-refractivity contribution in [3.8, 4) is 5.75 Å². The monoisotopic (exact) mass is 429 g/mol. The third-order valence-electron chi connectivity index (χ3n) is 5.63. The van der Waals surface area contributed by atoms with Crippen molar-refractivity contribution in [2.75, 3.05) is 18.8 Å². The molecule has 2 aromatic rings. The second-order valence-electron chi connectivity index (χ2n) is 7.65. The SMILES string of the molecule is CCn1c(=O)c(C(=O)CN2CCCC[C@@H]2C(N)=O)c(N)n(Cc2ccc(O)cc2)c1=O. The summed E-state index contributed by atoms with van der Waals surface area (Å²) in [6.45, 7) is 2.05. The zero-order chi connectivity index (χ0) is 22.7. The number of carbonyl (C=O) groups is 2. The molecule has 1 aliphatic heterocycles. The van der Waals surface area contributed by atoms with Crippen molar-refractivity contribution in [2.45, 2.75) is 45.3 Å². The van der Waals surface area contributed by atoms with Crippen LogP contribution in [0.3, 0.4) is 0 Å². The van der Waals surface area contributed by atoms with Crippen molar-refractivity contribution >= 4 is 17.5 Å². The Morgan fingerprint density at radius 1 is 1.13 bits per heavy atom. The van der Waals surface area contributed by atoms with Crippen LogP contribution in [0.1, 0.15) is 42.1 Å². The lowest BCUT2D eigenvalue weighted by molar-refractivity contribution is -0.124. The van der Waals surface area contributed by atoms with Gasteiger partial charge in [-0.05, 0) is 44.0 Å². The summed E-state index contributed by atoms with van der Waals surface area (Å²) < 4.78 is 2.14. The van der Waals surface area contributed by atoms with Gasteiger partial charge in [-0.2, -0.15) is 0 Å². The van der Waals surface area contributed by atoms with Crippen molar-refractivity contribution in [1.82, 2.24) is 14.0 Å². The lowest BCUT2D eigenvalue weighted by atomic mass is 10.0. The lowest BCUT2D eigenvalue weighted by Crippen LogP contribution is -2.51. The Labute approximate surface area is 178 Å². The molecule has 10 nitrogen and oxygen atoms in total. The van der Waals surface area contributed by atoms with Crippen molar-refractivity contribution in [3.63, 3.8) is 0 Å². The van der Waals surface area contributed by atoms with E-state index in [2.05, 4.69) is 0 Å². The third kappa shape index (κ3) is 4.53. The molecule has 0 spiro atoms. The van der Waals surface area contributed by atoms with E-state index in [-0.39, 0.29) is 36.8 Å². The number of nitrogen functional groups attached to an aromatic ring is 1. The van der Waals surface area contributed by atoms with E-state index in [0.717, 1.165) is 17.4 Å². The number of ketones is 1.